The van der Waals surface area contributed by atoms with Gasteiger partial charge in [-0.05, 0) is 17.7 Å². The number of aromatic amines is 1. The van der Waals surface area contributed by atoms with Crippen LogP contribution in [0.4, 0.5) is 0 Å². The predicted octanol–water partition coefficient (Wildman–Crippen LogP) is 3.75. The molecule has 2 heteroatoms. The van der Waals surface area contributed by atoms with Gasteiger partial charge in [-0.15, -0.1) is 0 Å². The number of hydrogen-bond acceptors (Lipinski definition) is 1. The van der Waals surface area contributed by atoms with E-state index in [9.17, 15) is 0 Å². The highest BCUT2D eigenvalue weighted by Gasteiger charge is 2.03. The minimum atomic E-state index is 0.600. The largest absolute Gasteiger partial charge is 0.487 e. The maximum atomic E-state index is 5.81. The van der Waals surface area contributed by atoms with Crippen LogP contribution in [0.3, 0.4) is 0 Å². The van der Waals surface area contributed by atoms with E-state index in [0.717, 1.165) is 16.7 Å². The van der Waals surface area contributed by atoms with Crippen LogP contribution in [-0.2, 0) is 6.61 Å². The van der Waals surface area contributed by atoms with Crippen LogP contribution < -0.4 is 4.74 Å². The lowest BCUT2D eigenvalue weighted by Gasteiger charge is -2.04. The molecule has 0 aliphatic heterocycles. The topological polar surface area (TPSA) is 25.0 Å². The molecule has 0 aliphatic rings. The van der Waals surface area contributed by atoms with Crippen molar-refractivity contribution in [3.8, 4) is 5.75 Å². The number of fused-ring (bicyclic) bond motifs is 1. The Kier molecular flexibility index (Phi) is 2.54. The highest BCUT2D eigenvalue weighted by atomic mass is 16.5. The quantitative estimate of drug-likeness (QED) is 0.718. The average molecular weight is 223 g/mol. The van der Waals surface area contributed by atoms with Gasteiger partial charge in [-0.25, -0.2) is 0 Å². The monoisotopic (exact) mass is 223 g/mol. The molecule has 0 saturated carbocycles. The first-order valence-corrected chi connectivity index (χ1v) is 5.66. The van der Waals surface area contributed by atoms with E-state index in [4.69, 9.17) is 4.74 Å². The Bertz CT molecular complexity index is 613. The second kappa shape index (κ2) is 4.34. The lowest BCUT2D eigenvalue weighted by molar-refractivity contribution is 0.310. The van der Waals surface area contributed by atoms with Crippen molar-refractivity contribution in [1.82, 2.24) is 4.98 Å². The molecule has 0 unspecified atom stereocenters. The van der Waals surface area contributed by atoms with Crippen LogP contribution in [0.25, 0.3) is 10.9 Å². The minimum absolute atomic E-state index is 0.600. The molecule has 0 radical (unpaired) electrons. The van der Waals surface area contributed by atoms with Crippen LogP contribution in [0.1, 0.15) is 5.56 Å². The fourth-order valence-electron chi connectivity index (χ4n) is 1.90. The third-order valence-electron chi connectivity index (χ3n) is 2.79. The number of para-hydroxylation sites is 1. The lowest BCUT2D eigenvalue weighted by atomic mass is 10.2. The Morgan fingerprint density at radius 3 is 2.53 bits per heavy atom. The van der Waals surface area contributed by atoms with Crippen molar-refractivity contribution in [3.63, 3.8) is 0 Å². The summed E-state index contributed by atoms with van der Waals surface area (Å²) in [5, 5.41) is 1.13. The second-order valence-corrected chi connectivity index (χ2v) is 3.97. The van der Waals surface area contributed by atoms with Crippen LogP contribution in [0, 0.1) is 0 Å². The predicted molar refractivity (Wildman–Crippen MR) is 69.1 cm³/mol. The molecule has 1 heterocycles. The molecule has 17 heavy (non-hydrogen) atoms. The summed E-state index contributed by atoms with van der Waals surface area (Å²) in [4.78, 5) is 3.20. The number of H-pyrrole nitrogens is 1. The standard InChI is InChI=1S/C15H13NO/c1-2-6-12(7-3-1)11-17-15-10-16-14-9-5-4-8-13(14)15/h1-10,16H,11H2. The summed E-state index contributed by atoms with van der Waals surface area (Å²) >= 11 is 0. The van der Waals surface area contributed by atoms with Gasteiger partial charge in [0.2, 0.25) is 0 Å². The van der Waals surface area contributed by atoms with Crippen molar-refractivity contribution in [1.29, 1.82) is 0 Å². The summed E-state index contributed by atoms with van der Waals surface area (Å²) in [7, 11) is 0. The van der Waals surface area contributed by atoms with Gasteiger partial charge in [0.15, 0.2) is 0 Å². The molecule has 2 aromatic carbocycles. The van der Waals surface area contributed by atoms with E-state index in [1.54, 1.807) is 0 Å². The average Bonchev–Trinajstić information content (AvgIpc) is 2.81. The lowest BCUT2D eigenvalue weighted by Crippen LogP contribution is -1.93. The molecule has 0 fully saturated rings. The fraction of sp³-hybridized carbons (Fsp3) is 0.0667. The summed E-state index contributed by atoms with van der Waals surface area (Å²) in [5.74, 6) is 0.907. The van der Waals surface area contributed by atoms with Crippen LogP contribution in [0.2, 0.25) is 0 Å². The van der Waals surface area contributed by atoms with E-state index in [0.29, 0.717) is 6.61 Å². The van der Waals surface area contributed by atoms with Crippen molar-refractivity contribution in [2.45, 2.75) is 6.61 Å². The molecule has 0 spiro atoms. The van der Waals surface area contributed by atoms with Gasteiger partial charge >= 0.3 is 0 Å². The van der Waals surface area contributed by atoms with E-state index in [1.165, 1.54) is 5.56 Å². The van der Waals surface area contributed by atoms with Crippen molar-refractivity contribution in [2.75, 3.05) is 0 Å². The Balaban J connectivity index is 1.82. The maximum Gasteiger partial charge on any atom is 0.145 e. The molecule has 1 N–H and O–H groups in total. The van der Waals surface area contributed by atoms with Gasteiger partial charge in [0.25, 0.3) is 0 Å². The molecule has 0 atom stereocenters. The molecule has 0 aliphatic carbocycles. The van der Waals surface area contributed by atoms with E-state index >= 15 is 0 Å². The van der Waals surface area contributed by atoms with Crippen molar-refractivity contribution in [2.24, 2.45) is 0 Å². The molecule has 1 aromatic heterocycles. The highest BCUT2D eigenvalue weighted by molar-refractivity contribution is 5.85. The van der Waals surface area contributed by atoms with Crippen molar-refractivity contribution >= 4 is 10.9 Å². The van der Waals surface area contributed by atoms with E-state index in [1.807, 2.05) is 42.6 Å². The number of rotatable bonds is 3. The summed E-state index contributed by atoms with van der Waals surface area (Å²) < 4.78 is 5.81. The van der Waals surface area contributed by atoms with E-state index in [2.05, 4.69) is 23.2 Å². The Labute approximate surface area is 99.9 Å². The van der Waals surface area contributed by atoms with Gasteiger partial charge in [0.05, 0.1) is 0 Å². The zero-order valence-corrected chi connectivity index (χ0v) is 9.39. The van der Waals surface area contributed by atoms with Gasteiger partial charge in [-0.3, -0.25) is 0 Å². The molecule has 3 rings (SSSR count). The molecule has 0 saturated heterocycles. The number of nitrogens with one attached hydrogen (secondary N) is 1. The molecule has 84 valence electrons. The Morgan fingerprint density at radius 2 is 1.65 bits per heavy atom. The molecule has 3 aromatic rings. The smallest absolute Gasteiger partial charge is 0.145 e. The summed E-state index contributed by atoms with van der Waals surface area (Å²) in [6.07, 6.45) is 1.91. The summed E-state index contributed by atoms with van der Waals surface area (Å²) in [6, 6.07) is 18.3. The number of benzene rings is 2. The number of ether oxygens (including phenoxy) is 1. The van der Waals surface area contributed by atoms with Crippen LogP contribution in [-0.4, -0.2) is 4.98 Å². The SMILES string of the molecule is c1ccc(COc2c[nH]c3ccccc23)cc1. The normalized spacial score (nSPS) is 10.6. The zero-order valence-electron chi connectivity index (χ0n) is 9.39. The van der Waals surface area contributed by atoms with Gasteiger partial charge in [0.1, 0.15) is 12.4 Å². The van der Waals surface area contributed by atoms with Gasteiger partial charge in [-0.2, -0.15) is 0 Å². The minimum Gasteiger partial charge on any atom is -0.487 e. The van der Waals surface area contributed by atoms with Crippen LogP contribution in [0.15, 0.2) is 60.8 Å². The molecular weight excluding hydrogens is 210 g/mol. The summed E-state index contributed by atoms with van der Waals surface area (Å²) in [6.45, 7) is 0.600. The maximum absolute atomic E-state index is 5.81. The Morgan fingerprint density at radius 1 is 0.882 bits per heavy atom. The van der Waals surface area contributed by atoms with E-state index in [-0.39, 0.29) is 0 Å². The Hall–Kier alpha value is -2.22. The molecule has 0 amide bonds. The molecule has 0 bridgehead atoms. The fourth-order valence-corrected chi connectivity index (χ4v) is 1.90. The second-order valence-electron chi connectivity index (χ2n) is 3.97. The molecular formula is C15H13NO. The van der Waals surface area contributed by atoms with Gasteiger partial charge < -0.3 is 9.72 Å². The summed E-state index contributed by atoms with van der Waals surface area (Å²) in [5.41, 5.74) is 2.29. The van der Waals surface area contributed by atoms with Crippen molar-refractivity contribution < 1.29 is 4.74 Å². The number of aromatic nitrogens is 1. The zero-order chi connectivity index (χ0) is 11.5. The first kappa shape index (κ1) is 9.97. The van der Waals surface area contributed by atoms with Gasteiger partial charge in [-0.1, -0.05) is 42.5 Å². The number of hydrogen-bond donors (Lipinski definition) is 1. The first-order chi connectivity index (χ1) is 8.43. The van der Waals surface area contributed by atoms with Crippen LogP contribution >= 0.6 is 0 Å². The first-order valence-electron chi connectivity index (χ1n) is 5.66. The van der Waals surface area contributed by atoms with Crippen LogP contribution in [0.5, 0.6) is 5.75 Å². The van der Waals surface area contributed by atoms with Gasteiger partial charge in [0, 0.05) is 17.1 Å². The third-order valence-corrected chi connectivity index (χ3v) is 2.79. The highest BCUT2D eigenvalue weighted by Crippen LogP contribution is 2.25. The molecule has 2 nitrogen and oxygen atoms in total. The van der Waals surface area contributed by atoms with E-state index < -0.39 is 0 Å². The third kappa shape index (κ3) is 2.02. The van der Waals surface area contributed by atoms with Crippen molar-refractivity contribution in [3.05, 3.63) is 66.4 Å².